The van der Waals surface area contributed by atoms with E-state index in [0.29, 0.717) is 31.8 Å². The molecule has 2 heterocycles. The van der Waals surface area contributed by atoms with Gasteiger partial charge in [0.25, 0.3) is 0 Å². The van der Waals surface area contributed by atoms with Gasteiger partial charge in [0.1, 0.15) is 12.2 Å². The molecule has 114 valence electrons. The number of aliphatic hydroxyl groups is 1. The maximum atomic E-state index is 10.8. The summed E-state index contributed by atoms with van der Waals surface area (Å²) in [6.45, 7) is 7.95. The summed E-state index contributed by atoms with van der Waals surface area (Å²) in [6, 6.07) is 0. The van der Waals surface area contributed by atoms with E-state index >= 15 is 0 Å². The zero-order valence-corrected chi connectivity index (χ0v) is 12.9. The van der Waals surface area contributed by atoms with Crippen LogP contribution in [0.25, 0.3) is 0 Å². The zero-order valence-electron chi connectivity index (χ0n) is 12.9. The van der Waals surface area contributed by atoms with Crippen LogP contribution in [0.15, 0.2) is 6.33 Å². The number of hydrogen-bond acceptors (Lipinski definition) is 4. The normalized spacial score (nSPS) is 27.1. The second-order valence-corrected chi connectivity index (χ2v) is 6.39. The van der Waals surface area contributed by atoms with Gasteiger partial charge in [-0.2, -0.15) is 5.10 Å². The van der Waals surface area contributed by atoms with Crippen LogP contribution in [0.2, 0.25) is 0 Å². The van der Waals surface area contributed by atoms with E-state index < -0.39 is 5.60 Å². The molecule has 2 atom stereocenters. The van der Waals surface area contributed by atoms with Crippen molar-refractivity contribution in [2.45, 2.75) is 71.1 Å². The molecule has 20 heavy (non-hydrogen) atoms. The van der Waals surface area contributed by atoms with E-state index in [0.717, 1.165) is 25.2 Å². The van der Waals surface area contributed by atoms with Gasteiger partial charge in [0, 0.05) is 32.4 Å². The van der Waals surface area contributed by atoms with Crippen molar-refractivity contribution in [3.8, 4) is 0 Å². The summed E-state index contributed by atoms with van der Waals surface area (Å²) in [4.78, 5) is 4.33. The third-order valence-electron chi connectivity index (χ3n) is 3.86. The lowest BCUT2D eigenvalue weighted by Crippen LogP contribution is -2.43. The quantitative estimate of drug-likeness (QED) is 0.868. The predicted molar refractivity (Wildman–Crippen MR) is 77.4 cm³/mol. The summed E-state index contributed by atoms with van der Waals surface area (Å²) in [5, 5.41) is 15.1. The van der Waals surface area contributed by atoms with Gasteiger partial charge in [-0.25, -0.2) is 9.67 Å². The summed E-state index contributed by atoms with van der Waals surface area (Å²) >= 11 is 0. The Hall–Kier alpha value is -0.940. The average Bonchev–Trinajstić information content (AvgIpc) is 2.75. The topological polar surface area (TPSA) is 60.2 Å². The van der Waals surface area contributed by atoms with Crippen LogP contribution in [0.4, 0.5) is 0 Å². The van der Waals surface area contributed by atoms with Gasteiger partial charge < -0.3 is 9.84 Å². The lowest BCUT2D eigenvalue weighted by atomic mass is 9.86. The Morgan fingerprint density at radius 1 is 1.55 bits per heavy atom. The van der Waals surface area contributed by atoms with Crippen LogP contribution in [-0.2, 0) is 17.7 Å². The van der Waals surface area contributed by atoms with Crippen LogP contribution in [0, 0.1) is 5.92 Å². The second kappa shape index (κ2) is 6.68. The first-order valence-corrected chi connectivity index (χ1v) is 7.73. The van der Waals surface area contributed by atoms with Gasteiger partial charge in [0.2, 0.25) is 0 Å². The molecule has 1 N–H and O–H groups in total. The molecule has 0 aliphatic carbocycles. The van der Waals surface area contributed by atoms with E-state index in [1.165, 1.54) is 0 Å². The van der Waals surface area contributed by atoms with Crippen LogP contribution in [-0.4, -0.2) is 38.2 Å². The van der Waals surface area contributed by atoms with Crippen molar-refractivity contribution in [3.05, 3.63) is 12.2 Å². The van der Waals surface area contributed by atoms with Crippen molar-refractivity contribution in [2.75, 3.05) is 6.61 Å². The molecule has 0 amide bonds. The van der Waals surface area contributed by atoms with Gasteiger partial charge in [-0.15, -0.1) is 0 Å². The molecular formula is C15H27N3O2. The van der Waals surface area contributed by atoms with E-state index in [9.17, 15) is 5.11 Å². The fourth-order valence-corrected chi connectivity index (χ4v) is 2.89. The largest absolute Gasteiger partial charge is 0.389 e. The van der Waals surface area contributed by atoms with Crippen LogP contribution >= 0.6 is 0 Å². The van der Waals surface area contributed by atoms with E-state index in [2.05, 4.69) is 30.9 Å². The molecule has 2 unspecified atom stereocenters. The van der Waals surface area contributed by atoms with Crippen molar-refractivity contribution in [1.82, 2.24) is 14.8 Å². The van der Waals surface area contributed by atoms with Gasteiger partial charge in [0.15, 0.2) is 0 Å². The standard InChI is InChI=1S/C15H27N3O2/c1-4-5-13-8-15(19,6-7-20-13)9-14-16-11-17-18(14)10-12(2)3/h11-13,19H,4-10H2,1-3H3. The molecule has 0 aromatic carbocycles. The third-order valence-corrected chi connectivity index (χ3v) is 3.86. The molecule has 0 bridgehead atoms. The average molecular weight is 281 g/mol. The SMILES string of the molecule is CCCC1CC(O)(Cc2ncnn2CC(C)C)CCO1. The summed E-state index contributed by atoms with van der Waals surface area (Å²) in [6.07, 6.45) is 5.83. The molecule has 0 saturated carbocycles. The molecule has 0 spiro atoms. The van der Waals surface area contributed by atoms with Crippen molar-refractivity contribution in [3.63, 3.8) is 0 Å². The van der Waals surface area contributed by atoms with Gasteiger partial charge in [0.05, 0.1) is 11.7 Å². The monoisotopic (exact) mass is 281 g/mol. The van der Waals surface area contributed by atoms with E-state index in [-0.39, 0.29) is 6.10 Å². The molecule has 5 nitrogen and oxygen atoms in total. The van der Waals surface area contributed by atoms with E-state index in [4.69, 9.17) is 4.74 Å². The van der Waals surface area contributed by atoms with Crippen LogP contribution < -0.4 is 0 Å². The minimum atomic E-state index is -0.695. The number of hydrogen-bond donors (Lipinski definition) is 1. The van der Waals surface area contributed by atoms with Crippen molar-refractivity contribution in [2.24, 2.45) is 5.92 Å². The maximum absolute atomic E-state index is 10.8. The highest BCUT2D eigenvalue weighted by molar-refractivity contribution is 4.97. The Morgan fingerprint density at radius 2 is 2.35 bits per heavy atom. The molecule has 1 aliphatic rings. The molecule has 1 aliphatic heterocycles. The molecule has 1 saturated heterocycles. The fourth-order valence-electron chi connectivity index (χ4n) is 2.89. The lowest BCUT2D eigenvalue weighted by Gasteiger charge is -2.36. The molecule has 1 aromatic heterocycles. The van der Waals surface area contributed by atoms with Crippen LogP contribution in [0.1, 0.15) is 52.3 Å². The summed E-state index contributed by atoms with van der Waals surface area (Å²) < 4.78 is 7.65. The highest BCUT2D eigenvalue weighted by Gasteiger charge is 2.36. The fraction of sp³-hybridized carbons (Fsp3) is 0.867. The Labute approximate surface area is 121 Å². The Bertz CT molecular complexity index is 417. The van der Waals surface area contributed by atoms with Crippen molar-refractivity contribution >= 4 is 0 Å². The molecule has 2 rings (SSSR count). The summed E-state index contributed by atoms with van der Waals surface area (Å²) in [5.41, 5.74) is -0.695. The Morgan fingerprint density at radius 3 is 3.05 bits per heavy atom. The van der Waals surface area contributed by atoms with Crippen molar-refractivity contribution in [1.29, 1.82) is 0 Å². The lowest BCUT2D eigenvalue weighted by molar-refractivity contribution is -0.106. The summed E-state index contributed by atoms with van der Waals surface area (Å²) in [5.74, 6) is 1.41. The molecule has 1 aromatic rings. The number of aromatic nitrogens is 3. The van der Waals surface area contributed by atoms with Crippen molar-refractivity contribution < 1.29 is 9.84 Å². The maximum Gasteiger partial charge on any atom is 0.138 e. The number of nitrogens with zero attached hydrogens (tertiary/aromatic N) is 3. The smallest absolute Gasteiger partial charge is 0.138 e. The van der Waals surface area contributed by atoms with Gasteiger partial charge in [-0.3, -0.25) is 0 Å². The first-order valence-electron chi connectivity index (χ1n) is 7.73. The minimum absolute atomic E-state index is 0.181. The minimum Gasteiger partial charge on any atom is -0.389 e. The number of ether oxygens (including phenoxy) is 1. The second-order valence-electron chi connectivity index (χ2n) is 6.39. The highest BCUT2D eigenvalue weighted by atomic mass is 16.5. The van der Waals surface area contributed by atoms with E-state index in [1.807, 2.05) is 4.68 Å². The molecule has 0 radical (unpaired) electrons. The third kappa shape index (κ3) is 4.03. The van der Waals surface area contributed by atoms with Gasteiger partial charge in [-0.05, 0) is 12.3 Å². The Balaban J connectivity index is 2.02. The first-order chi connectivity index (χ1) is 9.52. The Kier molecular flexibility index (Phi) is 5.16. The van der Waals surface area contributed by atoms with Gasteiger partial charge >= 0.3 is 0 Å². The summed E-state index contributed by atoms with van der Waals surface area (Å²) in [7, 11) is 0. The molecule has 5 heteroatoms. The zero-order chi connectivity index (χ0) is 14.6. The molecule has 1 fully saturated rings. The first kappa shape index (κ1) is 15.4. The number of rotatable bonds is 6. The van der Waals surface area contributed by atoms with E-state index in [1.54, 1.807) is 6.33 Å². The van der Waals surface area contributed by atoms with Crippen LogP contribution in [0.3, 0.4) is 0 Å². The highest BCUT2D eigenvalue weighted by Crippen LogP contribution is 2.29. The van der Waals surface area contributed by atoms with Gasteiger partial charge in [-0.1, -0.05) is 27.2 Å². The predicted octanol–water partition coefficient (Wildman–Crippen LogP) is 2.19. The molecular weight excluding hydrogens is 254 g/mol. The van der Waals surface area contributed by atoms with Crippen LogP contribution in [0.5, 0.6) is 0 Å².